The lowest BCUT2D eigenvalue weighted by Crippen LogP contribution is -1.96. The Morgan fingerprint density at radius 1 is 1.07 bits per heavy atom. The highest BCUT2D eigenvalue weighted by Crippen LogP contribution is 2.23. The van der Waals surface area contributed by atoms with E-state index in [9.17, 15) is 0 Å². The Hall–Kier alpha value is -1.90. The molecular weight excluding hydrogens is 186 g/mol. The fourth-order valence-electron chi connectivity index (χ4n) is 1.59. The zero-order valence-electron chi connectivity index (χ0n) is 8.86. The van der Waals surface area contributed by atoms with Crippen LogP contribution in [0.3, 0.4) is 0 Å². The Bertz CT molecular complexity index is 472. The Labute approximate surface area is 89.0 Å². The molecule has 2 rings (SSSR count). The third-order valence-electron chi connectivity index (χ3n) is 2.20. The van der Waals surface area contributed by atoms with E-state index in [4.69, 9.17) is 5.73 Å². The molecule has 0 aliphatic heterocycles. The topological polar surface area (TPSA) is 51.8 Å². The number of nitrogen functional groups attached to an aromatic ring is 1. The quantitative estimate of drug-likeness (QED) is 0.717. The molecular formula is C12H13N3. The lowest BCUT2D eigenvalue weighted by molar-refractivity contribution is 1.02. The van der Waals surface area contributed by atoms with Gasteiger partial charge >= 0.3 is 0 Å². The van der Waals surface area contributed by atoms with Crippen LogP contribution in [0.1, 0.15) is 11.5 Å². The van der Waals surface area contributed by atoms with E-state index in [1.807, 2.05) is 44.2 Å². The van der Waals surface area contributed by atoms with Crippen LogP contribution in [0.5, 0.6) is 0 Å². The SMILES string of the molecule is Cc1cc(-c2ccccc2N)nc(C)n1. The van der Waals surface area contributed by atoms with Crippen molar-refractivity contribution in [3.63, 3.8) is 0 Å². The monoisotopic (exact) mass is 199 g/mol. The molecule has 2 aromatic rings. The fourth-order valence-corrected chi connectivity index (χ4v) is 1.59. The number of nitrogens with two attached hydrogens (primary N) is 1. The second-order valence-electron chi connectivity index (χ2n) is 3.53. The first-order valence-corrected chi connectivity index (χ1v) is 4.84. The molecule has 1 aromatic heterocycles. The molecule has 3 heteroatoms. The summed E-state index contributed by atoms with van der Waals surface area (Å²) in [4.78, 5) is 8.61. The van der Waals surface area contributed by atoms with Crippen molar-refractivity contribution in [2.24, 2.45) is 0 Å². The van der Waals surface area contributed by atoms with Crippen LogP contribution in [0.15, 0.2) is 30.3 Å². The molecule has 0 saturated heterocycles. The van der Waals surface area contributed by atoms with Gasteiger partial charge in [-0.15, -0.1) is 0 Å². The van der Waals surface area contributed by atoms with Crippen LogP contribution >= 0.6 is 0 Å². The van der Waals surface area contributed by atoms with Crippen molar-refractivity contribution in [1.82, 2.24) is 9.97 Å². The van der Waals surface area contributed by atoms with E-state index in [-0.39, 0.29) is 0 Å². The number of benzene rings is 1. The standard InChI is InChI=1S/C12H13N3/c1-8-7-12(15-9(2)14-8)10-5-3-4-6-11(10)13/h3-7H,13H2,1-2H3. The predicted molar refractivity (Wildman–Crippen MR) is 61.4 cm³/mol. The molecule has 0 amide bonds. The van der Waals surface area contributed by atoms with Gasteiger partial charge in [0.2, 0.25) is 0 Å². The minimum atomic E-state index is 0.745. The van der Waals surface area contributed by atoms with Crippen molar-refractivity contribution in [1.29, 1.82) is 0 Å². The highest BCUT2D eigenvalue weighted by Gasteiger charge is 2.04. The number of nitrogens with zero attached hydrogens (tertiary/aromatic N) is 2. The molecule has 3 nitrogen and oxygen atoms in total. The number of hydrogen-bond donors (Lipinski definition) is 1. The number of hydrogen-bond acceptors (Lipinski definition) is 3. The van der Waals surface area contributed by atoms with Crippen LogP contribution in [0.2, 0.25) is 0 Å². The normalized spacial score (nSPS) is 10.3. The lowest BCUT2D eigenvalue weighted by Gasteiger charge is -2.06. The van der Waals surface area contributed by atoms with Crippen molar-refractivity contribution in [2.75, 3.05) is 5.73 Å². The molecule has 15 heavy (non-hydrogen) atoms. The number of aromatic nitrogens is 2. The van der Waals surface area contributed by atoms with Crippen molar-refractivity contribution < 1.29 is 0 Å². The maximum absolute atomic E-state index is 5.89. The van der Waals surface area contributed by atoms with Gasteiger partial charge in [0.1, 0.15) is 5.82 Å². The van der Waals surface area contributed by atoms with E-state index in [0.29, 0.717) is 0 Å². The maximum Gasteiger partial charge on any atom is 0.126 e. The van der Waals surface area contributed by atoms with E-state index < -0.39 is 0 Å². The molecule has 1 aromatic carbocycles. The van der Waals surface area contributed by atoms with Gasteiger partial charge in [0.25, 0.3) is 0 Å². The lowest BCUT2D eigenvalue weighted by atomic mass is 10.1. The van der Waals surface area contributed by atoms with Gasteiger partial charge in [0.05, 0.1) is 5.69 Å². The summed E-state index contributed by atoms with van der Waals surface area (Å²) < 4.78 is 0. The summed E-state index contributed by atoms with van der Waals surface area (Å²) in [6.45, 7) is 3.84. The van der Waals surface area contributed by atoms with Crippen LogP contribution in [0.25, 0.3) is 11.3 Å². The van der Waals surface area contributed by atoms with Crippen LogP contribution in [0, 0.1) is 13.8 Å². The van der Waals surface area contributed by atoms with Crippen molar-refractivity contribution in [3.8, 4) is 11.3 Å². The average Bonchev–Trinajstić information content (AvgIpc) is 2.16. The molecule has 0 radical (unpaired) electrons. The number of aryl methyl sites for hydroxylation is 2. The minimum Gasteiger partial charge on any atom is -0.398 e. The summed E-state index contributed by atoms with van der Waals surface area (Å²) >= 11 is 0. The first-order valence-electron chi connectivity index (χ1n) is 4.84. The Kier molecular flexibility index (Phi) is 2.37. The zero-order valence-corrected chi connectivity index (χ0v) is 8.86. The molecule has 0 fully saturated rings. The van der Waals surface area contributed by atoms with Crippen LogP contribution in [0.4, 0.5) is 5.69 Å². The number of anilines is 1. The molecule has 0 saturated carbocycles. The van der Waals surface area contributed by atoms with Gasteiger partial charge in [-0.1, -0.05) is 18.2 Å². The first kappa shape index (κ1) is 9.65. The summed E-state index contributed by atoms with van der Waals surface area (Å²) in [7, 11) is 0. The highest BCUT2D eigenvalue weighted by atomic mass is 14.9. The van der Waals surface area contributed by atoms with Gasteiger partial charge in [-0.25, -0.2) is 9.97 Å². The molecule has 1 heterocycles. The van der Waals surface area contributed by atoms with Gasteiger partial charge in [-0.3, -0.25) is 0 Å². The third-order valence-corrected chi connectivity index (χ3v) is 2.20. The van der Waals surface area contributed by atoms with Gasteiger partial charge in [-0.2, -0.15) is 0 Å². The molecule has 76 valence electrons. The first-order chi connectivity index (χ1) is 7.16. The largest absolute Gasteiger partial charge is 0.398 e. The van der Waals surface area contributed by atoms with E-state index >= 15 is 0 Å². The summed E-state index contributed by atoms with van der Waals surface area (Å²) in [5.41, 5.74) is 9.45. The Morgan fingerprint density at radius 2 is 1.80 bits per heavy atom. The second kappa shape index (κ2) is 3.69. The molecule has 0 spiro atoms. The minimum absolute atomic E-state index is 0.745. The molecule has 0 aliphatic rings. The third kappa shape index (κ3) is 1.96. The van der Waals surface area contributed by atoms with Crippen molar-refractivity contribution >= 4 is 5.69 Å². The molecule has 2 N–H and O–H groups in total. The second-order valence-corrected chi connectivity index (χ2v) is 3.53. The smallest absolute Gasteiger partial charge is 0.126 e. The predicted octanol–water partition coefficient (Wildman–Crippen LogP) is 2.34. The van der Waals surface area contributed by atoms with Crippen LogP contribution < -0.4 is 5.73 Å². The highest BCUT2D eigenvalue weighted by molar-refractivity contribution is 5.73. The molecule has 0 unspecified atom stereocenters. The molecule has 0 bridgehead atoms. The van der Waals surface area contributed by atoms with E-state index in [1.54, 1.807) is 0 Å². The fraction of sp³-hybridized carbons (Fsp3) is 0.167. The summed E-state index contributed by atoms with van der Waals surface area (Å²) in [6, 6.07) is 9.66. The van der Waals surface area contributed by atoms with Gasteiger partial charge in [0.15, 0.2) is 0 Å². The summed E-state index contributed by atoms with van der Waals surface area (Å²) in [5, 5.41) is 0. The van der Waals surface area contributed by atoms with E-state index in [2.05, 4.69) is 9.97 Å². The van der Waals surface area contributed by atoms with Crippen LogP contribution in [-0.2, 0) is 0 Å². The van der Waals surface area contributed by atoms with Crippen molar-refractivity contribution in [3.05, 3.63) is 41.9 Å². The average molecular weight is 199 g/mol. The Balaban J connectivity index is 2.59. The maximum atomic E-state index is 5.89. The zero-order chi connectivity index (χ0) is 10.8. The van der Waals surface area contributed by atoms with Gasteiger partial charge in [0, 0.05) is 16.9 Å². The Morgan fingerprint density at radius 3 is 2.47 bits per heavy atom. The van der Waals surface area contributed by atoms with Crippen LogP contribution in [-0.4, -0.2) is 9.97 Å². The molecule has 0 atom stereocenters. The summed E-state index contributed by atoms with van der Waals surface area (Å²) in [6.07, 6.45) is 0. The number of rotatable bonds is 1. The van der Waals surface area contributed by atoms with Crippen molar-refractivity contribution in [2.45, 2.75) is 13.8 Å². The summed E-state index contributed by atoms with van der Waals surface area (Å²) in [5.74, 6) is 0.772. The van der Waals surface area contributed by atoms with E-state index in [0.717, 1.165) is 28.5 Å². The van der Waals surface area contributed by atoms with Gasteiger partial charge in [-0.05, 0) is 26.0 Å². The molecule has 0 aliphatic carbocycles. The number of para-hydroxylation sites is 1. The van der Waals surface area contributed by atoms with Gasteiger partial charge < -0.3 is 5.73 Å². The van der Waals surface area contributed by atoms with E-state index in [1.165, 1.54) is 0 Å².